The molecule has 0 saturated carbocycles. The number of aliphatic carboxylic acids is 1. The van der Waals surface area contributed by atoms with Crippen LogP contribution >= 0.6 is 0 Å². The number of ether oxygens (including phenoxy) is 2. The highest BCUT2D eigenvalue weighted by Gasteiger charge is 2.34. The molecule has 1 aliphatic carbocycles. The zero-order valence-electron chi connectivity index (χ0n) is 14.6. The second-order valence-electron chi connectivity index (χ2n) is 5.55. The minimum atomic E-state index is -1.09. The topological polar surface area (TPSA) is 89.9 Å². The number of carbonyl (C=O) groups is 3. The van der Waals surface area contributed by atoms with E-state index in [1.807, 2.05) is 0 Å². The number of rotatable bonds is 9. The molecule has 0 spiro atoms. The molecular formula is C18H24O6. The molecule has 0 amide bonds. The molecule has 6 nitrogen and oxygen atoms in total. The highest BCUT2D eigenvalue weighted by molar-refractivity contribution is 6.24. The first-order valence-corrected chi connectivity index (χ1v) is 7.95. The molecule has 0 aromatic carbocycles. The number of methoxy groups -OCH3 is 2. The van der Waals surface area contributed by atoms with Crippen LogP contribution in [-0.2, 0) is 23.9 Å². The first-order valence-electron chi connectivity index (χ1n) is 7.95. The van der Waals surface area contributed by atoms with E-state index < -0.39 is 17.5 Å². The smallest absolute Gasteiger partial charge is 0.331 e. The molecule has 0 aliphatic heterocycles. The summed E-state index contributed by atoms with van der Waals surface area (Å²) in [5, 5.41) is 9.37. The molecule has 0 bridgehead atoms. The number of allylic oxidation sites excluding steroid dienone is 3. The predicted octanol–water partition coefficient (Wildman–Crippen LogP) is 2.94. The monoisotopic (exact) mass is 336 g/mol. The minimum absolute atomic E-state index is 0.0468. The van der Waals surface area contributed by atoms with Gasteiger partial charge in [0.1, 0.15) is 0 Å². The van der Waals surface area contributed by atoms with Crippen molar-refractivity contribution in [2.45, 2.75) is 46.0 Å². The third-order valence-electron chi connectivity index (χ3n) is 3.91. The van der Waals surface area contributed by atoms with Gasteiger partial charge in [-0.1, -0.05) is 26.2 Å². The van der Waals surface area contributed by atoms with E-state index in [0.717, 1.165) is 25.7 Å². The van der Waals surface area contributed by atoms with Crippen LogP contribution < -0.4 is 0 Å². The maximum Gasteiger partial charge on any atom is 0.331 e. The number of carboxylic acids is 1. The Labute approximate surface area is 141 Å². The molecule has 0 aromatic heterocycles. The van der Waals surface area contributed by atoms with E-state index in [2.05, 4.69) is 6.92 Å². The van der Waals surface area contributed by atoms with Crippen LogP contribution in [0.25, 0.3) is 0 Å². The Hall–Kier alpha value is -2.37. The fourth-order valence-corrected chi connectivity index (χ4v) is 2.49. The van der Waals surface area contributed by atoms with Crippen LogP contribution in [0.4, 0.5) is 0 Å². The van der Waals surface area contributed by atoms with E-state index in [1.165, 1.54) is 27.2 Å². The van der Waals surface area contributed by atoms with Gasteiger partial charge in [0, 0.05) is 16.7 Å². The Morgan fingerprint density at radius 2 is 1.62 bits per heavy atom. The molecule has 0 unspecified atom stereocenters. The van der Waals surface area contributed by atoms with Crippen molar-refractivity contribution in [1.29, 1.82) is 0 Å². The Kier molecular flexibility index (Phi) is 7.42. The van der Waals surface area contributed by atoms with Gasteiger partial charge in [-0.2, -0.15) is 0 Å². The molecule has 6 heteroatoms. The maximum absolute atomic E-state index is 12.5. The Balaban J connectivity index is 3.17. The number of Topliss-reactive ketones (excluding diaryl/α,β-unsaturated/α-hetero) is 2. The first kappa shape index (κ1) is 19.7. The molecule has 24 heavy (non-hydrogen) atoms. The van der Waals surface area contributed by atoms with Gasteiger partial charge < -0.3 is 14.6 Å². The number of unbranched alkanes of at least 4 members (excludes halogenated alkanes) is 3. The molecule has 0 atom stereocenters. The van der Waals surface area contributed by atoms with Crippen LogP contribution in [0, 0.1) is 0 Å². The van der Waals surface area contributed by atoms with Crippen molar-refractivity contribution in [3.8, 4) is 0 Å². The van der Waals surface area contributed by atoms with Crippen molar-refractivity contribution in [3.63, 3.8) is 0 Å². The molecule has 1 rings (SSSR count). The Bertz CT molecular complexity index is 621. The molecule has 0 saturated heterocycles. The van der Waals surface area contributed by atoms with E-state index in [0.29, 0.717) is 6.42 Å². The van der Waals surface area contributed by atoms with Crippen molar-refractivity contribution in [1.82, 2.24) is 0 Å². The number of carboxylic acid groups (broad SMARTS) is 1. The fraction of sp³-hybridized carbons (Fsp3) is 0.500. The number of ketones is 2. The summed E-state index contributed by atoms with van der Waals surface area (Å²) in [4.78, 5) is 36.2. The highest BCUT2D eigenvalue weighted by atomic mass is 16.5. The molecule has 1 aliphatic rings. The van der Waals surface area contributed by atoms with Crippen molar-refractivity contribution in [3.05, 3.63) is 34.3 Å². The van der Waals surface area contributed by atoms with Gasteiger partial charge in [0.2, 0.25) is 23.1 Å². The molecule has 0 fully saturated rings. The lowest BCUT2D eigenvalue weighted by Gasteiger charge is -2.19. The van der Waals surface area contributed by atoms with E-state index in [1.54, 1.807) is 0 Å². The second-order valence-corrected chi connectivity index (χ2v) is 5.55. The Morgan fingerprint density at radius 1 is 1.04 bits per heavy atom. The third-order valence-corrected chi connectivity index (χ3v) is 3.91. The zero-order valence-corrected chi connectivity index (χ0v) is 14.6. The van der Waals surface area contributed by atoms with Gasteiger partial charge in [0.15, 0.2) is 0 Å². The molecule has 1 N–H and O–H groups in total. The van der Waals surface area contributed by atoms with Crippen molar-refractivity contribution in [2.75, 3.05) is 14.2 Å². The van der Waals surface area contributed by atoms with E-state index in [-0.39, 0.29) is 28.2 Å². The fourth-order valence-electron chi connectivity index (χ4n) is 2.49. The molecule has 0 radical (unpaired) electrons. The average Bonchev–Trinajstić information content (AvgIpc) is 2.56. The summed E-state index contributed by atoms with van der Waals surface area (Å²) >= 11 is 0. The second kappa shape index (κ2) is 9.05. The summed E-state index contributed by atoms with van der Waals surface area (Å²) in [5.74, 6) is -2.46. The van der Waals surface area contributed by atoms with Gasteiger partial charge in [-0.15, -0.1) is 0 Å². The molecule has 0 aromatic rings. The van der Waals surface area contributed by atoms with Crippen molar-refractivity contribution >= 4 is 17.5 Å². The van der Waals surface area contributed by atoms with E-state index in [4.69, 9.17) is 9.47 Å². The lowest BCUT2D eigenvalue weighted by molar-refractivity contribution is -0.132. The largest absolute Gasteiger partial charge is 0.489 e. The summed E-state index contributed by atoms with van der Waals surface area (Å²) in [6.45, 7) is 3.55. The quantitative estimate of drug-likeness (QED) is 0.395. The average molecular weight is 336 g/mol. The molecule has 132 valence electrons. The zero-order chi connectivity index (χ0) is 18.3. The molecule has 0 heterocycles. The van der Waals surface area contributed by atoms with Crippen LogP contribution in [-0.4, -0.2) is 36.9 Å². The maximum atomic E-state index is 12.5. The molecular weight excluding hydrogens is 312 g/mol. The van der Waals surface area contributed by atoms with Gasteiger partial charge >= 0.3 is 5.97 Å². The third kappa shape index (κ3) is 4.34. The SMILES string of the molecule is CCCCCC/C(=C\C1=C(C)C(=O)C(OC)=C(OC)C1=O)C(=O)O. The van der Waals surface area contributed by atoms with Gasteiger partial charge in [-0.25, -0.2) is 4.79 Å². The van der Waals surface area contributed by atoms with Gasteiger partial charge in [-0.3, -0.25) is 9.59 Å². The summed E-state index contributed by atoms with van der Waals surface area (Å²) < 4.78 is 9.94. The van der Waals surface area contributed by atoms with Crippen LogP contribution in [0.15, 0.2) is 34.3 Å². The number of hydrogen-bond donors (Lipinski definition) is 1. The number of carbonyl (C=O) groups excluding carboxylic acids is 2. The standard InChI is InChI=1S/C18H24O6/c1-5-6-7-8-9-12(18(21)22)10-13-11(2)14(19)16(23-3)17(24-4)15(13)20/h10H,5-9H2,1-4H3,(H,21,22)/b12-10+. The van der Waals surface area contributed by atoms with Crippen molar-refractivity contribution in [2.24, 2.45) is 0 Å². The number of hydrogen-bond acceptors (Lipinski definition) is 5. The van der Waals surface area contributed by atoms with Crippen molar-refractivity contribution < 1.29 is 29.0 Å². The summed E-state index contributed by atoms with van der Waals surface area (Å²) in [5.41, 5.74) is 0.313. The van der Waals surface area contributed by atoms with Gasteiger partial charge in [-0.05, 0) is 25.8 Å². The van der Waals surface area contributed by atoms with Gasteiger partial charge in [0.05, 0.1) is 14.2 Å². The van der Waals surface area contributed by atoms with Gasteiger partial charge in [0.25, 0.3) is 0 Å². The lowest BCUT2D eigenvalue weighted by atomic mass is 9.91. The van der Waals surface area contributed by atoms with Crippen LogP contribution in [0.5, 0.6) is 0 Å². The van der Waals surface area contributed by atoms with Crippen LogP contribution in [0.1, 0.15) is 46.0 Å². The van der Waals surface area contributed by atoms with Crippen LogP contribution in [0.3, 0.4) is 0 Å². The minimum Gasteiger partial charge on any atom is -0.489 e. The normalized spacial score (nSPS) is 15.9. The summed E-state index contributed by atoms with van der Waals surface area (Å²) in [6, 6.07) is 0. The summed E-state index contributed by atoms with van der Waals surface area (Å²) in [6.07, 6.45) is 5.34. The van der Waals surface area contributed by atoms with E-state index in [9.17, 15) is 19.5 Å². The van der Waals surface area contributed by atoms with E-state index >= 15 is 0 Å². The summed E-state index contributed by atoms with van der Waals surface area (Å²) in [7, 11) is 2.55. The van der Waals surface area contributed by atoms with Crippen LogP contribution in [0.2, 0.25) is 0 Å². The highest BCUT2D eigenvalue weighted by Crippen LogP contribution is 2.27. The first-order chi connectivity index (χ1) is 11.4. The Morgan fingerprint density at radius 3 is 2.12 bits per heavy atom. The lowest BCUT2D eigenvalue weighted by Crippen LogP contribution is -2.24. The predicted molar refractivity (Wildman–Crippen MR) is 88.2 cm³/mol.